The van der Waals surface area contributed by atoms with Gasteiger partial charge in [-0.05, 0) is 25.3 Å². The highest BCUT2D eigenvalue weighted by Crippen LogP contribution is 2.21. The summed E-state index contributed by atoms with van der Waals surface area (Å²) in [6.45, 7) is 7.01. The molecule has 2 rings (SSSR count). The quantitative estimate of drug-likeness (QED) is 0.807. The van der Waals surface area contributed by atoms with Gasteiger partial charge < -0.3 is 16.0 Å². The van der Waals surface area contributed by atoms with Gasteiger partial charge in [0.25, 0.3) is 0 Å². The second-order valence-electron chi connectivity index (χ2n) is 4.91. The number of hydrogen-bond donors (Lipinski definition) is 2. The number of nitrogen functional groups attached to an aromatic ring is 1. The van der Waals surface area contributed by atoms with E-state index in [0.29, 0.717) is 12.4 Å². The molecule has 6 nitrogen and oxygen atoms in total. The summed E-state index contributed by atoms with van der Waals surface area (Å²) in [5, 5.41) is 3.39. The molecule has 1 amide bonds. The molecule has 108 valence electrons. The van der Waals surface area contributed by atoms with Crippen LogP contribution in [0.4, 0.5) is 11.6 Å². The summed E-state index contributed by atoms with van der Waals surface area (Å²) < 4.78 is 0. The van der Waals surface area contributed by atoms with Gasteiger partial charge in [0, 0.05) is 24.7 Å². The Kier molecular flexibility index (Phi) is 4.55. The lowest BCUT2D eigenvalue weighted by Crippen LogP contribution is -2.44. The van der Waals surface area contributed by atoms with Gasteiger partial charge >= 0.3 is 0 Å². The molecule has 0 aliphatic carbocycles. The van der Waals surface area contributed by atoms with Crippen LogP contribution in [0.3, 0.4) is 0 Å². The molecule has 0 aromatic carbocycles. The Morgan fingerprint density at radius 3 is 3.15 bits per heavy atom. The maximum Gasteiger partial charge on any atom is 0.246 e. The zero-order chi connectivity index (χ0) is 14.5. The first-order valence-electron chi connectivity index (χ1n) is 6.93. The third-order valence-electron chi connectivity index (χ3n) is 3.58. The van der Waals surface area contributed by atoms with Crippen molar-refractivity contribution in [3.8, 4) is 0 Å². The maximum atomic E-state index is 11.7. The molecule has 0 bridgehead atoms. The fraction of sp³-hybridized carbons (Fsp3) is 0.500. The van der Waals surface area contributed by atoms with Gasteiger partial charge in [0.2, 0.25) is 5.91 Å². The molecule has 1 unspecified atom stereocenters. The van der Waals surface area contributed by atoms with Crippen LogP contribution in [0.2, 0.25) is 0 Å². The standard InChI is InChI=1S/C14H21N5O/c1-3-11-13(15)16-9-17-14(11)18-10-6-5-7-19(8-10)12(20)4-2/h4,9-10H,2-3,5-8H2,1H3,(H3,15,16,17,18). The van der Waals surface area contributed by atoms with E-state index in [1.165, 1.54) is 12.4 Å². The average molecular weight is 275 g/mol. The molecular formula is C14H21N5O. The summed E-state index contributed by atoms with van der Waals surface area (Å²) in [6, 6.07) is 0.187. The number of amides is 1. The first-order chi connectivity index (χ1) is 9.65. The number of hydrogen-bond acceptors (Lipinski definition) is 5. The molecule has 1 aromatic heterocycles. The van der Waals surface area contributed by atoms with Crippen LogP contribution in [-0.4, -0.2) is 39.9 Å². The lowest BCUT2D eigenvalue weighted by atomic mass is 10.0. The number of likely N-dealkylation sites (tertiary alicyclic amines) is 1. The van der Waals surface area contributed by atoms with Gasteiger partial charge in [-0.1, -0.05) is 13.5 Å². The minimum atomic E-state index is -0.0191. The first kappa shape index (κ1) is 14.3. The van der Waals surface area contributed by atoms with Crippen LogP contribution in [0.25, 0.3) is 0 Å². The summed E-state index contributed by atoms with van der Waals surface area (Å²) in [5.41, 5.74) is 6.80. The summed E-state index contributed by atoms with van der Waals surface area (Å²) in [4.78, 5) is 21.8. The minimum absolute atomic E-state index is 0.0191. The predicted molar refractivity (Wildman–Crippen MR) is 79.2 cm³/mol. The first-order valence-corrected chi connectivity index (χ1v) is 6.93. The predicted octanol–water partition coefficient (Wildman–Crippen LogP) is 1.21. The van der Waals surface area contributed by atoms with E-state index in [0.717, 1.165) is 37.2 Å². The van der Waals surface area contributed by atoms with Gasteiger partial charge in [0.15, 0.2) is 0 Å². The Labute approximate surface area is 119 Å². The van der Waals surface area contributed by atoms with Gasteiger partial charge in [-0.3, -0.25) is 4.79 Å². The van der Waals surface area contributed by atoms with Crippen molar-refractivity contribution < 1.29 is 4.79 Å². The van der Waals surface area contributed by atoms with E-state index in [1.54, 1.807) is 0 Å². The third kappa shape index (κ3) is 3.07. The van der Waals surface area contributed by atoms with Gasteiger partial charge in [-0.2, -0.15) is 0 Å². The van der Waals surface area contributed by atoms with Crippen molar-refractivity contribution in [2.24, 2.45) is 0 Å². The molecule has 1 aliphatic rings. The van der Waals surface area contributed by atoms with Crippen molar-refractivity contribution in [3.63, 3.8) is 0 Å². The maximum absolute atomic E-state index is 11.7. The molecule has 1 atom stereocenters. The Bertz CT molecular complexity index is 502. The van der Waals surface area contributed by atoms with Gasteiger partial charge in [-0.15, -0.1) is 0 Å². The Hall–Kier alpha value is -2.11. The third-order valence-corrected chi connectivity index (χ3v) is 3.58. The smallest absolute Gasteiger partial charge is 0.246 e. The van der Waals surface area contributed by atoms with E-state index >= 15 is 0 Å². The van der Waals surface area contributed by atoms with Crippen molar-refractivity contribution in [1.29, 1.82) is 0 Å². The van der Waals surface area contributed by atoms with Crippen molar-refractivity contribution in [2.75, 3.05) is 24.1 Å². The summed E-state index contributed by atoms with van der Waals surface area (Å²) in [7, 11) is 0. The second-order valence-corrected chi connectivity index (χ2v) is 4.91. The molecule has 1 fully saturated rings. The highest BCUT2D eigenvalue weighted by Gasteiger charge is 2.23. The molecule has 3 N–H and O–H groups in total. The molecule has 6 heteroatoms. The summed E-state index contributed by atoms with van der Waals surface area (Å²) >= 11 is 0. The van der Waals surface area contributed by atoms with E-state index in [-0.39, 0.29) is 11.9 Å². The number of anilines is 2. The normalized spacial score (nSPS) is 18.6. The number of nitrogens with zero attached hydrogens (tertiary/aromatic N) is 3. The van der Waals surface area contributed by atoms with Crippen molar-refractivity contribution in [1.82, 2.24) is 14.9 Å². The average Bonchev–Trinajstić information content (AvgIpc) is 2.47. The number of carbonyl (C=O) groups excluding carboxylic acids is 1. The van der Waals surface area contributed by atoms with Crippen LogP contribution in [-0.2, 0) is 11.2 Å². The Balaban J connectivity index is 2.08. The topological polar surface area (TPSA) is 84.1 Å². The van der Waals surface area contributed by atoms with E-state index in [2.05, 4.69) is 21.9 Å². The van der Waals surface area contributed by atoms with Crippen molar-refractivity contribution >= 4 is 17.5 Å². The highest BCUT2D eigenvalue weighted by atomic mass is 16.2. The summed E-state index contributed by atoms with van der Waals surface area (Å²) in [5.74, 6) is 1.27. The zero-order valence-corrected chi connectivity index (χ0v) is 11.8. The molecule has 0 spiro atoms. The molecule has 1 saturated heterocycles. The lowest BCUT2D eigenvalue weighted by molar-refractivity contribution is -0.127. The van der Waals surface area contributed by atoms with Crippen LogP contribution in [0.5, 0.6) is 0 Å². The van der Waals surface area contributed by atoms with E-state index in [4.69, 9.17) is 5.73 Å². The largest absolute Gasteiger partial charge is 0.383 e. The number of nitrogens with one attached hydrogen (secondary N) is 1. The van der Waals surface area contributed by atoms with Gasteiger partial charge in [0.05, 0.1) is 0 Å². The Morgan fingerprint density at radius 1 is 1.65 bits per heavy atom. The van der Waals surface area contributed by atoms with Crippen LogP contribution >= 0.6 is 0 Å². The van der Waals surface area contributed by atoms with E-state index in [9.17, 15) is 4.79 Å². The zero-order valence-electron chi connectivity index (χ0n) is 11.8. The van der Waals surface area contributed by atoms with Crippen LogP contribution < -0.4 is 11.1 Å². The number of carbonyl (C=O) groups is 1. The minimum Gasteiger partial charge on any atom is -0.383 e. The molecule has 1 aliphatic heterocycles. The number of aromatic nitrogens is 2. The van der Waals surface area contributed by atoms with Crippen LogP contribution in [0, 0.1) is 0 Å². The fourth-order valence-corrected chi connectivity index (χ4v) is 2.52. The monoisotopic (exact) mass is 275 g/mol. The molecule has 0 saturated carbocycles. The van der Waals surface area contributed by atoms with Crippen molar-refractivity contribution in [3.05, 3.63) is 24.5 Å². The number of rotatable bonds is 4. The fourth-order valence-electron chi connectivity index (χ4n) is 2.52. The SMILES string of the molecule is C=CC(=O)N1CCCC(Nc2ncnc(N)c2CC)C1. The van der Waals surface area contributed by atoms with Crippen LogP contribution in [0.15, 0.2) is 19.0 Å². The lowest BCUT2D eigenvalue weighted by Gasteiger charge is -2.33. The number of nitrogens with two attached hydrogens (primary N) is 1. The van der Waals surface area contributed by atoms with Gasteiger partial charge in [0.1, 0.15) is 18.0 Å². The molecule has 0 radical (unpaired) electrons. The molecule has 2 heterocycles. The summed E-state index contributed by atoms with van der Waals surface area (Å²) in [6.07, 6.45) is 5.58. The molecule has 20 heavy (non-hydrogen) atoms. The van der Waals surface area contributed by atoms with Gasteiger partial charge in [-0.25, -0.2) is 9.97 Å². The molecular weight excluding hydrogens is 254 g/mol. The van der Waals surface area contributed by atoms with Crippen molar-refractivity contribution in [2.45, 2.75) is 32.2 Å². The van der Waals surface area contributed by atoms with E-state index in [1.807, 2.05) is 11.8 Å². The van der Waals surface area contributed by atoms with E-state index < -0.39 is 0 Å². The second kappa shape index (κ2) is 6.36. The Morgan fingerprint density at radius 2 is 2.45 bits per heavy atom. The van der Waals surface area contributed by atoms with Crippen LogP contribution in [0.1, 0.15) is 25.3 Å². The molecule has 1 aromatic rings. The highest BCUT2D eigenvalue weighted by molar-refractivity contribution is 5.87. The number of piperidine rings is 1.